The molecule has 5 rings (SSSR count). The van der Waals surface area contributed by atoms with Gasteiger partial charge in [-0.1, -0.05) is 37.9 Å². The van der Waals surface area contributed by atoms with Crippen LogP contribution in [0.5, 0.6) is 5.75 Å². The number of hydrogen-bond donors (Lipinski definition) is 2. The van der Waals surface area contributed by atoms with E-state index < -0.39 is 5.82 Å². The summed E-state index contributed by atoms with van der Waals surface area (Å²) in [4.78, 5) is 21.2. The Morgan fingerprint density at radius 2 is 1.83 bits per heavy atom. The average Bonchev–Trinajstić information content (AvgIpc) is 3.44. The van der Waals surface area contributed by atoms with Crippen molar-refractivity contribution in [3.63, 3.8) is 0 Å². The second-order valence-corrected chi connectivity index (χ2v) is 10.3. The maximum absolute atomic E-state index is 15.0. The molecule has 0 fully saturated rings. The number of nitrogens with one attached hydrogen (secondary N) is 1. The molecule has 0 saturated carbocycles. The molecular formula is C31H34ClFN6O2. The number of hydrogen-bond acceptors (Lipinski definition) is 6. The zero-order valence-corrected chi connectivity index (χ0v) is 24.4. The molecule has 0 radical (unpaired) electrons. The third-order valence-electron chi connectivity index (χ3n) is 6.37. The molecule has 2 heterocycles. The number of aliphatic imine (C=N–C) groups is 1. The van der Waals surface area contributed by atoms with Crippen LogP contribution in [-0.4, -0.2) is 66.6 Å². The van der Waals surface area contributed by atoms with Crippen molar-refractivity contribution in [3.8, 4) is 28.0 Å². The van der Waals surface area contributed by atoms with Gasteiger partial charge < -0.3 is 14.9 Å². The number of phenols is 1. The Balaban J connectivity index is 0.00000124. The Morgan fingerprint density at radius 3 is 2.46 bits per heavy atom. The fourth-order valence-corrected chi connectivity index (χ4v) is 4.76. The molecule has 1 aromatic heterocycles. The number of carbonyl (C=O) groups excluding carboxylic acids is 1. The smallest absolute Gasteiger partial charge is 0.218 e. The molecule has 1 aliphatic heterocycles. The molecular weight excluding hydrogens is 543 g/mol. The number of aromatic amines is 1. The molecule has 0 atom stereocenters. The first kappa shape index (κ1) is 29.6. The van der Waals surface area contributed by atoms with Crippen molar-refractivity contribution in [3.05, 3.63) is 71.9 Å². The third-order valence-corrected chi connectivity index (χ3v) is 6.67. The van der Waals surface area contributed by atoms with Gasteiger partial charge in [-0.3, -0.25) is 19.8 Å². The van der Waals surface area contributed by atoms with Crippen molar-refractivity contribution >= 4 is 46.5 Å². The molecule has 0 spiro atoms. The number of benzene rings is 3. The van der Waals surface area contributed by atoms with Gasteiger partial charge in [0, 0.05) is 61.5 Å². The minimum atomic E-state index is -0.507. The predicted molar refractivity (Wildman–Crippen MR) is 167 cm³/mol. The number of carbonyl (C=O) groups is 1. The van der Waals surface area contributed by atoms with Crippen molar-refractivity contribution in [1.82, 2.24) is 15.1 Å². The highest BCUT2D eigenvalue weighted by Gasteiger charge is 2.20. The summed E-state index contributed by atoms with van der Waals surface area (Å²) in [5.41, 5.74) is 3.93. The largest absolute Gasteiger partial charge is 0.507 e. The molecule has 2 N–H and O–H groups in total. The Kier molecular flexibility index (Phi) is 9.62. The molecule has 4 aromatic rings. The molecule has 0 unspecified atom stereocenters. The molecule has 214 valence electrons. The third kappa shape index (κ3) is 6.69. The van der Waals surface area contributed by atoms with Crippen molar-refractivity contribution in [2.45, 2.75) is 20.3 Å². The normalized spacial score (nSPS) is 12.9. The van der Waals surface area contributed by atoms with E-state index in [1.54, 1.807) is 41.7 Å². The molecule has 3 aromatic carbocycles. The molecule has 0 bridgehead atoms. The number of H-pyrrole nitrogens is 1. The lowest BCUT2D eigenvalue weighted by atomic mass is 9.95. The minimum Gasteiger partial charge on any atom is -0.507 e. The summed E-state index contributed by atoms with van der Waals surface area (Å²) in [5.74, 6) is -0.590. The maximum Gasteiger partial charge on any atom is 0.218 e. The van der Waals surface area contributed by atoms with Gasteiger partial charge in [0.2, 0.25) is 6.41 Å². The van der Waals surface area contributed by atoms with Gasteiger partial charge in [-0.2, -0.15) is 5.10 Å². The number of amides is 1. The lowest BCUT2D eigenvalue weighted by molar-refractivity contribution is -0.106. The molecule has 8 nitrogen and oxygen atoms in total. The molecule has 0 aliphatic carbocycles. The Hall–Kier alpha value is -4.37. The van der Waals surface area contributed by atoms with Gasteiger partial charge in [0.05, 0.1) is 35.5 Å². The summed E-state index contributed by atoms with van der Waals surface area (Å²) in [5, 5.41) is 19.7. The first-order chi connectivity index (χ1) is 19.8. The molecule has 41 heavy (non-hydrogen) atoms. The Labute approximate surface area is 244 Å². The van der Waals surface area contributed by atoms with Gasteiger partial charge in [0.25, 0.3) is 0 Å². The van der Waals surface area contributed by atoms with Crippen LogP contribution in [0, 0.1) is 5.82 Å². The van der Waals surface area contributed by atoms with Crippen LogP contribution < -0.4 is 9.80 Å². The van der Waals surface area contributed by atoms with Gasteiger partial charge >= 0.3 is 0 Å². The summed E-state index contributed by atoms with van der Waals surface area (Å²) >= 11 is 6.53. The predicted octanol–water partition coefficient (Wildman–Crippen LogP) is 6.70. The van der Waals surface area contributed by atoms with E-state index in [1.807, 2.05) is 32.4 Å². The summed E-state index contributed by atoms with van der Waals surface area (Å²) in [6.45, 7) is 6.33. The summed E-state index contributed by atoms with van der Waals surface area (Å²) < 4.78 is 15.0. The van der Waals surface area contributed by atoms with E-state index in [0.29, 0.717) is 41.9 Å². The second kappa shape index (κ2) is 13.3. The van der Waals surface area contributed by atoms with E-state index in [0.717, 1.165) is 23.1 Å². The SMILES string of the molecule is CCC.CN(C)/C=C\N(C=O)c1ccc(-c2cc(F)cc(-c3cc(N4CC=NCC4)c4cn[nH]c4c3)c2O)cc1Cl. The van der Waals surface area contributed by atoms with Crippen LogP contribution in [0.4, 0.5) is 15.8 Å². The molecule has 1 amide bonds. The van der Waals surface area contributed by atoms with Gasteiger partial charge in [-0.25, -0.2) is 4.39 Å². The van der Waals surface area contributed by atoms with E-state index >= 15 is 0 Å². The first-order valence-electron chi connectivity index (χ1n) is 13.4. The van der Waals surface area contributed by atoms with Crippen LogP contribution in [-0.2, 0) is 4.79 Å². The fourth-order valence-electron chi connectivity index (χ4n) is 4.49. The highest BCUT2D eigenvalue weighted by molar-refractivity contribution is 6.34. The number of rotatable bonds is 7. The number of anilines is 2. The number of fused-ring (bicyclic) bond motifs is 1. The average molecular weight is 577 g/mol. The van der Waals surface area contributed by atoms with Crippen LogP contribution in [0.3, 0.4) is 0 Å². The second-order valence-electron chi connectivity index (χ2n) is 9.86. The standard InChI is InChI=1S/C28H26ClFN6O2.C3H8/c1-34(2)9-10-36(17-37)26-4-3-18(11-24(26)29)21-14-20(30)15-22(28(21)38)19-12-25-23(16-32-33-25)27(13-19)35-7-5-31-6-8-35;1-3-2/h3-5,9-17,38H,6-8H2,1-2H3,(H,32,33);3H2,1-2H3/b10-9-;. The summed E-state index contributed by atoms with van der Waals surface area (Å²) in [7, 11) is 3.67. The van der Waals surface area contributed by atoms with Crippen molar-refractivity contribution in [1.29, 1.82) is 0 Å². The van der Waals surface area contributed by atoms with Crippen LogP contribution in [0.2, 0.25) is 5.02 Å². The molecule has 1 aliphatic rings. The van der Waals surface area contributed by atoms with E-state index in [-0.39, 0.29) is 16.3 Å². The number of halogens is 2. The topological polar surface area (TPSA) is 88.1 Å². The van der Waals surface area contributed by atoms with Gasteiger partial charge in [-0.15, -0.1) is 0 Å². The van der Waals surface area contributed by atoms with Crippen LogP contribution in [0.25, 0.3) is 33.2 Å². The lowest BCUT2D eigenvalue weighted by Crippen LogP contribution is -2.31. The molecule has 10 heteroatoms. The van der Waals surface area contributed by atoms with E-state index in [9.17, 15) is 14.3 Å². The van der Waals surface area contributed by atoms with E-state index in [1.165, 1.54) is 23.5 Å². The summed E-state index contributed by atoms with van der Waals surface area (Å²) in [6, 6.07) is 11.3. The monoisotopic (exact) mass is 576 g/mol. The highest BCUT2D eigenvalue weighted by atomic mass is 35.5. The summed E-state index contributed by atoms with van der Waals surface area (Å²) in [6.07, 6.45) is 8.83. The van der Waals surface area contributed by atoms with Gasteiger partial charge in [0.15, 0.2) is 0 Å². The quantitative estimate of drug-likeness (QED) is 0.239. The highest BCUT2D eigenvalue weighted by Crippen LogP contribution is 2.43. The first-order valence-corrected chi connectivity index (χ1v) is 13.8. The Morgan fingerprint density at radius 1 is 1.10 bits per heavy atom. The Bertz CT molecular complexity index is 1580. The number of aromatic hydroxyl groups is 1. The van der Waals surface area contributed by atoms with Gasteiger partial charge in [-0.05, 0) is 47.5 Å². The number of nitrogens with zero attached hydrogens (tertiary/aromatic N) is 5. The van der Waals surface area contributed by atoms with Crippen molar-refractivity contribution < 1.29 is 14.3 Å². The number of phenolic OH excluding ortho intramolecular Hbond substituents is 1. The van der Waals surface area contributed by atoms with E-state index in [4.69, 9.17) is 11.6 Å². The number of aromatic nitrogens is 2. The van der Waals surface area contributed by atoms with Crippen LogP contribution >= 0.6 is 11.6 Å². The van der Waals surface area contributed by atoms with E-state index in [2.05, 4.69) is 33.9 Å². The maximum atomic E-state index is 15.0. The van der Waals surface area contributed by atoms with Crippen molar-refractivity contribution in [2.75, 3.05) is 43.5 Å². The zero-order valence-electron chi connectivity index (χ0n) is 23.6. The van der Waals surface area contributed by atoms with Crippen LogP contribution in [0.1, 0.15) is 20.3 Å². The van der Waals surface area contributed by atoms with Crippen molar-refractivity contribution in [2.24, 2.45) is 4.99 Å². The van der Waals surface area contributed by atoms with Crippen LogP contribution in [0.15, 0.2) is 66.1 Å². The lowest BCUT2D eigenvalue weighted by Gasteiger charge is -2.26. The minimum absolute atomic E-state index is 0.0833. The zero-order chi connectivity index (χ0) is 29.5. The molecule has 0 saturated heterocycles. The van der Waals surface area contributed by atoms with Gasteiger partial charge in [0.1, 0.15) is 11.6 Å². The fraction of sp³-hybridized carbons (Fsp3) is 0.258.